The van der Waals surface area contributed by atoms with E-state index < -0.39 is 0 Å². The lowest BCUT2D eigenvalue weighted by Gasteiger charge is -2.19. The van der Waals surface area contributed by atoms with Crippen LogP contribution >= 0.6 is 50.1 Å². The summed E-state index contributed by atoms with van der Waals surface area (Å²) in [5, 5.41) is 0.706. The Kier molecular flexibility index (Phi) is 5.03. The van der Waals surface area contributed by atoms with Crippen LogP contribution in [-0.4, -0.2) is 0 Å². The first-order valence-corrected chi connectivity index (χ1v) is 7.53. The van der Waals surface area contributed by atoms with Crippen molar-refractivity contribution in [3.05, 3.63) is 66.7 Å². The molecule has 0 aliphatic heterocycles. The average Bonchev–Trinajstić information content (AvgIpc) is 2.35. The van der Waals surface area contributed by atoms with Gasteiger partial charge in [0, 0.05) is 13.1 Å². The first-order valence-electron chi connectivity index (χ1n) is 5.28. The second-order valence-corrected chi connectivity index (χ2v) is 6.33. The van der Waals surface area contributed by atoms with Crippen LogP contribution in [0, 0.1) is 3.57 Å². The van der Waals surface area contributed by atoms with Crippen LogP contribution in [0.2, 0.25) is 5.02 Å². The summed E-state index contributed by atoms with van der Waals surface area (Å²) in [5.41, 5.74) is 5.01. The molecule has 0 bridgehead atoms. The minimum atomic E-state index is -0.0758. The quantitative estimate of drug-likeness (QED) is 0.428. The van der Waals surface area contributed by atoms with Crippen molar-refractivity contribution in [2.24, 2.45) is 5.84 Å². The Morgan fingerprint density at radius 3 is 2.67 bits per heavy atom. The third-order valence-electron chi connectivity index (χ3n) is 2.62. The third kappa shape index (κ3) is 3.24. The van der Waals surface area contributed by atoms with E-state index in [9.17, 15) is 0 Å². The lowest BCUT2D eigenvalue weighted by Crippen LogP contribution is -2.29. The molecule has 2 aromatic rings. The average molecular weight is 438 g/mol. The van der Waals surface area contributed by atoms with Crippen molar-refractivity contribution in [3.8, 4) is 0 Å². The summed E-state index contributed by atoms with van der Waals surface area (Å²) >= 11 is 11.8. The van der Waals surface area contributed by atoms with Crippen LogP contribution in [0.3, 0.4) is 0 Å². The molecule has 2 aromatic carbocycles. The highest BCUT2D eigenvalue weighted by Gasteiger charge is 2.15. The zero-order valence-corrected chi connectivity index (χ0v) is 13.8. The molecule has 0 aliphatic carbocycles. The lowest BCUT2D eigenvalue weighted by molar-refractivity contribution is 0.634. The van der Waals surface area contributed by atoms with Crippen molar-refractivity contribution < 1.29 is 0 Å². The Morgan fingerprint density at radius 2 is 2.00 bits per heavy atom. The van der Waals surface area contributed by atoms with Gasteiger partial charge in [0.1, 0.15) is 0 Å². The van der Waals surface area contributed by atoms with E-state index in [2.05, 4.69) is 56.1 Å². The van der Waals surface area contributed by atoms with Crippen molar-refractivity contribution >= 4 is 50.1 Å². The van der Waals surface area contributed by atoms with Gasteiger partial charge in [-0.1, -0.05) is 39.7 Å². The number of hydrogen-bond acceptors (Lipinski definition) is 2. The lowest BCUT2D eigenvalue weighted by atomic mass is 9.99. The molecule has 0 aliphatic rings. The topological polar surface area (TPSA) is 38.0 Å². The Hall–Kier alpha value is -0.140. The predicted octanol–water partition coefficient (Wildman–Crippen LogP) is 4.26. The summed E-state index contributed by atoms with van der Waals surface area (Å²) in [6.07, 6.45) is 0. The second kappa shape index (κ2) is 6.34. The van der Waals surface area contributed by atoms with Crippen LogP contribution in [0.15, 0.2) is 46.9 Å². The Balaban J connectivity index is 2.48. The zero-order chi connectivity index (χ0) is 13.1. The fourth-order valence-electron chi connectivity index (χ4n) is 1.79. The van der Waals surface area contributed by atoms with Crippen LogP contribution in [0.1, 0.15) is 17.2 Å². The van der Waals surface area contributed by atoms with Gasteiger partial charge in [-0.15, -0.1) is 0 Å². The SMILES string of the molecule is NNC(c1cccc(Cl)c1)c1cc(Br)ccc1I. The van der Waals surface area contributed by atoms with Crippen molar-refractivity contribution in [1.82, 2.24) is 5.43 Å². The molecule has 0 heterocycles. The maximum Gasteiger partial charge on any atom is 0.0721 e. The molecule has 0 aromatic heterocycles. The predicted molar refractivity (Wildman–Crippen MR) is 87.5 cm³/mol. The summed E-state index contributed by atoms with van der Waals surface area (Å²) in [7, 11) is 0. The minimum absolute atomic E-state index is 0.0758. The van der Waals surface area contributed by atoms with E-state index in [4.69, 9.17) is 17.4 Å². The smallest absolute Gasteiger partial charge is 0.0721 e. The second-order valence-electron chi connectivity index (χ2n) is 3.82. The molecule has 2 rings (SSSR count). The van der Waals surface area contributed by atoms with Crippen LogP contribution < -0.4 is 11.3 Å². The van der Waals surface area contributed by atoms with Crippen molar-refractivity contribution in [1.29, 1.82) is 0 Å². The summed E-state index contributed by atoms with van der Waals surface area (Å²) < 4.78 is 2.18. The first-order chi connectivity index (χ1) is 8.61. The van der Waals surface area contributed by atoms with E-state index in [1.165, 1.54) is 0 Å². The van der Waals surface area contributed by atoms with E-state index in [1.807, 2.05) is 30.3 Å². The molecule has 0 radical (unpaired) electrons. The molecule has 2 nitrogen and oxygen atoms in total. The van der Waals surface area contributed by atoms with Crippen molar-refractivity contribution in [3.63, 3.8) is 0 Å². The molecule has 0 saturated carbocycles. The number of nitrogens with two attached hydrogens (primary N) is 1. The number of hydrazine groups is 1. The largest absolute Gasteiger partial charge is 0.271 e. The van der Waals surface area contributed by atoms with Gasteiger partial charge in [0.25, 0.3) is 0 Å². The molecular formula is C13H11BrClIN2. The molecule has 0 spiro atoms. The van der Waals surface area contributed by atoms with Gasteiger partial charge in [-0.3, -0.25) is 5.84 Å². The van der Waals surface area contributed by atoms with Gasteiger partial charge < -0.3 is 0 Å². The molecule has 3 N–H and O–H groups in total. The monoisotopic (exact) mass is 436 g/mol. The summed E-state index contributed by atoms with van der Waals surface area (Å²) in [6, 6.07) is 13.8. The number of rotatable bonds is 3. The minimum Gasteiger partial charge on any atom is -0.271 e. The van der Waals surface area contributed by atoms with Crippen molar-refractivity contribution in [2.75, 3.05) is 0 Å². The van der Waals surface area contributed by atoms with Crippen LogP contribution in [0.4, 0.5) is 0 Å². The molecule has 1 unspecified atom stereocenters. The van der Waals surface area contributed by atoms with Crippen LogP contribution in [0.5, 0.6) is 0 Å². The number of hydrogen-bond donors (Lipinski definition) is 2. The molecule has 1 atom stereocenters. The molecule has 0 fully saturated rings. The Morgan fingerprint density at radius 1 is 1.22 bits per heavy atom. The Bertz CT molecular complexity index is 562. The van der Waals surface area contributed by atoms with Crippen LogP contribution in [0.25, 0.3) is 0 Å². The van der Waals surface area contributed by atoms with Crippen LogP contribution in [-0.2, 0) is 0 Å². The van der Waals surface area contributed by atoms with E-state index in [-0.39, 0.29) is 6.04 Å². The summed E-state index contributed by atoms with van der Waals surface area (Å²) in [6.45, 7) is 0. The maximum atomic E-state index is 6.02. The molecule has 94 valence electrons. The Labute approximate surface area is 133 Å². The molecule has 5 heteroatoms. The molecule has 18 heavy (non-hydrogen) atoms. The summed E-state index contributed by atoms with van der Waals surface area (Å²) in [4.78, 5) is 0. The highest BCUT2D eigenvalue weighted by atomic mass is 127. The van der Waals surface area contributed by atoms with Gasteiger partial charge in [0.15, 0.2) is 0 Å². The van der Waals surface area contributed by atoms with Gasteiger partial charge >= 0.3 is 0 Å². The molecule has 0 saturated heterocycles. The number of benzene rings is 2. The normalized spacial score (nSPS) is 12.4. The van der Waals surface area contributed by atoms with Gasteiger partial charge in [0.2, 0.25) is 0 Å². The van der Waals surface area contributed by atoms with E-state index in [0.29, 0.717) is 5.02 Å². The van der Waals surface area contributed by atoms with Gasteiger partial charge in [-0.25, -0.2) is 5.43 Å². The first kappa shape index (κ1) is 14.3. The highest BCUT2D eigenvalue weighted by molar-refractivity contribution is 14.1. The van der Waals surface area contributed by atoms with Gasteiger partial charge in [-0.05, 0) is 64.0 Å². The van der Waals surface area contributed by atoms with Gasteiger partial charge in [0.05, 0.1) is 6.04 Å². The molecular weight excluding hydrogens is 426 g/mol. The number of nitrogens with one attached hydrogen (secondary N) is 1. The fraction of sp³-hybridized carbons (Fsp3) is 0.0769. The van der Waals surface area contributed by atoms with Crippen molar-refractivity contribution in [2.45, 2.75) is 6.04 Å². The maximum absolute atomic E-state index is 6.02. The zero-order valence-electron chi connectivity index (χ0n) is 9.33. The third-order valence-corrected chi connectivity index (χ3v) is 4.33. The fourth-order valence-corrected chi connectivity index (χ4v) is 3.01. The van der Waals surface area contributed by atoms with E-state index in [0.717, 1.165) is 19.2 Å². The number of halogens is 3. The van der Waals surface area contributed by atoms with E-state index in [1.54, 1.807) is 0 Å². The standard InChI is InChI=1S/C13H11BrClIN2/c14-9-4-5-12(16)11(7-9)13(18-17)8-2-1-3-10(15)6-8/h1-7,13,18H,17H2. The van der Waals surface area contributed by atoms with Gasteiger partial charge in [-0.2, -0.15) is 0 Å². The molecule has 0 amide bonds. The highest BCUT2D eigenvalue weighted by Crippen LogP contribution is 2.29. The van der Waals surface area contributed by atoms with E-state index >= 15 is 0 Å². The summed E-state index contributed by atoms with van der Waals surface area (Å²) in [5.74, 6) is 5.69.